The number of allylic oxidation sites excluding steroid dienone is 1. The summed E-state index contributed by atoms with van der Waals surface area (Å²) in [6, 6.07) is 8.84. The summed E-state index contributed by atoms with van der Waals surface area (Å²) in [7, 11) is 0. The van der Waals surface area contributed by atoms with Gasteiger partial charge in [-0.25, -0.2) is 0 Å². The molecule has 1 aromatic rings. The third-order valence-electron chi connectivity index (χ3n) is 2.19. The highest BCUT2D eigenvalue weighted by Gasteiger charge is 2.16. The van der Waals surface area contributed by atoms with Gasteiger partial charge in [-0.2, -0.15) is 5.26 Å². The number of hydrogen-bond donors (Lipinski definition) is 0. The van der Waals surface area contributed by atoms with Gasteiger partial charge in [-0.1, -0.05) is 32.0 Å². The number of nitriles is 1. The predicted molar refractivity (Wildman–Crippen MR) is 61.0 cm³/mol. The maximum atomic E-state index is 10.8. The molecule has 0 aliphatic carbocycles. The lowest BCUT2D eigenvalue weighted by atomic mass is 10.0. The van der Waals surface area contributed by atoms with E-state index in [9.17, 15) is 10.1 Å². The van der Waals surface area contributed by atoms with Crippen LogP contribution in [0, 0.1) is 27.4 Å². The Kier molecular flexibility index (Phi) is 3.78. The fourth-order valence-electron chi connectivity index (χ4n) is 1.31. The van der Waals surface area contributed by atoms with Crippen molar-refractivity contribution in [2.45, 2.75) is 13.8 Å². The molecule has 0 bridgehead atoms. The molecule has 0 amide bonds. The van der Waals surface area contributed by atoms with Crippen molar-refractivity contribution in [2.75, 3.05) is 0 Å². The molecule has 16 heavy (non-hydrogen) atoms. The number of hydrogen-bond acceptors (Lipinski definition) is 3. The van der Waals surface area contributed by atoms with Crippen LogP contribution in [0.25, 0.3) is 6.08 Å². The second-order valence-corrected chi connectivity index (χ2v) is 3.68. The Morgan fingerprint density at radius 1 is 1.50 bits per heavy atom. The molecule has 0 saturated carbocycles. The second kappa shape index (κ2) is 5.08. The first kappa shape index (κ1) is 11.9. The molecule has 0 saturated heterocycles. The van der Waals surface area contributed by atoms with E-state index in [0.717, 1.165) is 0 Å². The zero-order valence-electron chi connectivity index (χ0n) is 9.18. The van der Waals surface area contributed by atoms with Crippen LogP contribution in [0.5, 0.6) is 0 Å². The maximum Gasteiger partial charge on any atom is 0.249 e. The molecule has 82 valence electrons. The minimum absolute atomic E-state index is 0.114. The molecule has 0 heterocycles. The average Bonchev–Trinajstić information content (AvgIpc) is 2.25. The van der Waals surface area contributed by atoms with E-state index in [-0.39, 0.29) is 11.6 Å². The summed E-state index contributed by atoms with van der Waals surface area (Å²) in [4.78, 5) is 10.4. The summed E-state index contributed by atoms with van der Waals surface area (Å²) in [5.74, 6) is -0.179. The predicted octanol–water partition coefficient (Wildman–Crippen LogP) is 2.83. The molecule has 4 nitrogen and oxygen atoms in total. The van der Waals surface area contributed by atoms with Crippen LogP contribution in [0.3, 0.4) is 0 Å². The van der Waals surface area contributed by atoms with E-state index >= 15 is 0 Å². The third kappa shape index (κ3) is 2.67. The van der Waals surface area contributed by atoms with Crippen LogP contribution in [-0.4, -0.2) is 4.92 Å². The minimum Gasteiger partial charge on any atom is -0.259 e. The molecule has 0 N–H and O–H groups in total. The summed E-state index contributed by atoms with van der Waals surface area (Å²) < 4.78 is 0. The number of rotatable bonds is 3. The van der Waals surface area contributed by atoms with Crippen LogP contribution in [0.2, 0.25) is 0 Å². The van der Waals surface area contributed by atoms with Crippen LogP contribution in [-0.2, 0) is 0 Å². The van der Waals surface area contributed by atoms with E-state index < -0.39 is 4.92 Å². The summed E-state index contributed by atoms with van der Waals surface area (Å²) in [5, 5.41) is 19.7. The Labute approximate surface area is 94.0 Å². The Hall–Kier alpha value is -2.15. The normalized spacial score (nSPS) is 11.2. The van der Waals surface area contributed by atoms with Crippen molar-refractivity contribution >= 4 is 6.08 Å². The Morgan fingerprint density at radius 2 is 2.12 bits per heavy atom. The zero-order chi connectivity index (χ0) is 12.1. The second-order valence-electron chi connectivity index (χ2n) is 3.68. The van der Waals surface area contributed by atoms with E-state index in [0.29, 0.717) is 11.1 Å². The lowest BCUT2D eigenvalue weighted by molar-refractivity contribution is -0.431. The van der Waals surface area contributed by atoms with Gasteiger partial charge in [0.1, 0.15) is 0 Å². The fourth-order valence-corrected chi connectivity index (χ4v) is 1.31. The van der Waals surface area contributed by atoms with Crippen molar-refractivity contribution in [3.63, 3.8) is 0 Å². The highest BCUT2D eigenvalue weighted by Crippen LogP contribution is 2.17. The SMILES string of the molecule is CC(C)/C(=C/c1ccccc1C#N)[N+](=O)[O-]. The third-order valence-corrected chi connectivity index (χ3v) is 2.19. The lowest BCUT2D eigenvalue weighted by Crippen LogP contribution is -2.05. The van der Waals surface area contributed by atoms with Crippen LogP contribution < -0.4 is 0 Å². The molecule has 1 aromatic carbocycles. The van der Waals surface area contributed by atoms with Crippen LogP contribution in [0.1, 0.15) is 25.0 Å². The van der Waals surface area contributed by atoms with Crippen molar-refractivity contribution in [3.8, 4) is 6.07 Å². The molecular weight excluding hydrogens is 204 g/mol. The summed E-state index contributed by atoms with van der Waals surface area (Å²) in [5.41, 5.74) is 1.15. The first-order chi connectivity index (χ1) is 7.56. The van der Waals surface area contributed by atoms with Crippen molar-refractivity contribution in [2.24, 2.45) is 5.92 Å². The molecule has 0 fully saturated rings. The van der Waals surface area contributed by atoms with E-state index in [1.165, 1.54) is 6.08 Å². The number of benzene rings is 1. The lowest BCUT2D eigenvalue weighted by Gasteiger charge is -2.02. The van der Waals surface area contributed by atoms with Crippen molar-refractivity contribution in [3.05, 3.63) is 51.2 Å². The Bertz CT molecular complexity index is 470. The summed E-state index contributed by atoms with van der Waals surface area (Å²) in [6.45, 7) is 3.51. The van der Waals surface area contributed by atoms with E-state index in [2.05, 4.69) is 0 Å². The first-order valence-electron chi connectivity index (χ1n) is 4.91. The zero-order valence-corrected chi connectivity index (χ0v) is 9.18. The molecule has 1 rings (SSSR count). The Balaban J connectivity index is 3.24. The first-order valence-corrected chi connectivity index (χ1v) is 4.91. The van der Waals surface area contributed by atoms with Gasteiger partial charge in [-0.15, -0.1) is 0 Å². The standard InChI is InChI=1S/C12H12N2O2/c1-9(2)12(14(15)16)7-10-5-3-4-6-11(10)8-13/h3-7,9H,1-2H3/b12-7-. The van der Waals surface area contributed by atoms with Gasteiger partial charge in [0.2, 0.25) is 5.70 Å². The fraction of sp³-hybridized carbons (Fsp3) is 0.250. The molecule has 0 aliphatic rings. The van der Waals surface area contributed by atoms with Crippen molar-refractivity contribution in [1.29, 1.82) is 5.26 Å². The molecule has 4 heteroatoms. The highest BCUT2D eigenvalue weighted by molar-refractivity contribution is 5.59. The quantitative estimate of drug-likeness (QED) is 0.576. The average molecular weight is 216 g/mol. The summed E-state index contributed by atoms with van der Waals surface area (Å²) >= 11 is 0. The molecule has 0 aromatic heterocycles. The molecule has 0 spiro atoms. The monoisotopic (exact) mass is 216 g/mol. The molecule has 0 radical (unpaired) electrons. The van der Waals surface area contributed by atoms with Crippen molar-refractivity contribution in [1.82, 2.24) is 0 Å². The Morgan fingerprint density at radius 3 is 2.62 bits per heavy atom. The van der Waals surface area contributed by atoms with Gasteiger partial charge in [0.25, 0.3) is 0 Å². The number of nitrogens with zero attached hydrogens (tertiary/aromatic N) is 2. The van der Waals surface area contributed by atoms with Gasteiger partial charge >= 0.3 is 0 Å². The van der Waals surface area contributed by atoms with Gasteiger partial charge in [-0.3, -0.25) is 10.1 Å². The smallest absolute Gasteiger partial charge is 0.249 e. The van der Waals surface area contributed by atoms with Gasteiger partial charge < -0.3 is 0 Å². The minimum atomic E-state index is -0.404. The largest absolute Gasteiger partial charge is 0.259 e. The van der Waals surface area contributed by atoms with E-state index in [1.54, 1.807) is 38.1 Å². The molecule has 0 unspecified atom stereocenters. The van der Waals surface area contributed by atoms with Gasteiger partial charge in [0, 0.05) is 12.0 Å². The van der Waals surface area contributed by atoms with Gasteiger partial charge in [0.05, 0.1) is 16.6 Å². The maximum absolute atomic E-state index is 10.8. The van der Waals surface area contributed by atoms with E-state index in [1.807, 2.05) is 6.07 Å². The van der Waals surface area contributed by atoms with Crippen LogP contribution >= 0.6 is 0 Å². The molecular formula is C12H12N2O2. The van der Waals surface area contributed by atoms with Crippen LogP contribution in [0.4, 0.5) is 0 Å². The van der Waals surface area contributed by atoms with Crippen LogP contribution in [0.15, 0.2) is 30.0 Å². The number of nitro groups is 1. The topological polar surface area (TPSA) is 66.9 Å². The van der Waals surface area contributed by atoms with Crippen molar-refractivity contribution < 1.29 is 4.92 Å². The van der Waals surface area contributed by atoms with Gasteiger partial charge in [0.15, 0.2) is 0 Å². The molecule has 0 aliphatic heterocycles. The highest BCUT2D eigenvalue weighted by atomic mass is 16.6. The van der Waals surface area contributed by atoms with E-state index in [4.69, 9.17) is 5.26 Å². The summed E-state index contributed by atoms with van der Waals surface area (Å²) in [6.07, 6.45) is 1.46. The molecule has 0 atom stereocenters. The van der Waals surface area contributed by atoms with Gasteiger partial charge in [-0.05, 0) is 11.6 Å².